The minimum Gasteiger partial charge on any atom is -0.508 e. The number of carbonyl (C=O) groups excluding carboxylic acids is 1. The molecule has 0 aromatic heterocycles. The molecule has 1 amide bonds. The SMILES string of the molecule is Cc1ccc(CN(CCN(C)C)C(=O)C2CC(c3ccccc3O)NN2)cc1. The zero-order chi connectivity index (χ0) is 20.1. The molecule has 0 aliphatic carbocycles. The Morgan fingerprint density at radius 1 is 1.07 bits per heavy atom. The highest BCUT2D eigenvalue weighted by molar-refractivity contribution is 5.82. The van der Waals surface area contributed by atoms with E-state index < -0.39 is 0 Å². The van der Waals surface area contributed by atoms with Gasteiger partial charge in [-0.3, -0.25) is 4.79 Å². The Morgan fingerprint density at radius 2 is 1.79 bits per heavy atom. The summed E-state index contributed by atoms with van der Waals surface area (Å²) in [5, 5.41) is 10.1. The van der Waals surface area contributed by atoms with E-state index in [1.54, 1.807) is 12.1 Å². The smallest absolute Gasteiger partial charge is 0.241 e. The van der Waals surface area contributed by atoms with Gasteiger partial charge in [-0.15, -0.1) is 0 Å². The molecule has 2 aromatic carbocycles. The third-order valence-corrected chi connectivity index (χ3v) is 5.14. The Morgan fingerprint density at radius 3 is 2.46 bits per heavy atom. The molecule has 0 spiro atoms. The second kappa shape index (κ2) is 9.19. The number of phenolic OH excluding ortho intramolecular Hbond substituents is 1. The highest BCUT2D eigenvalue weighted by atomic mass is 16.3. The van der Waals surface area contributed by atoms with Crippen LogP contribution in [0.2, 0.25) is 0 Å². The van der Waals surface area contributed by atoms with E-state index in [0.29, 0.717) is 19.5 Å². The molecule has 3 N–H and O–H groups in total. The number of para-hydroxylation sites is 1. The Labute approximate surface area is 167 Å². The molecule has 2 aromatic rings. The quantitative estimate of drug-likeness (QED) is 0.685. The maximum Gasteiger partial charge on any atom is 0.241 e. The van der Waals surface area contributed by atoms with E-state index in [4.69, 9.17) is 0 Å². The molecule has 1 aliphatic heterocycles. The maximum absolute atomic E-state index is 13.2. The number of carbonyl (C=O) groups is 1. The number of aryl methyl sites for hydroxylation is 1. The number of benzene rings is 2. The van der Waals surface area contributed by atoms with Crippen LogP contribution in [0.1, 0.15) is 29.2 Å². The average Bonchev–Trinajstić information content (AvgIpc) is 3.16. The lowest BCUT2D eigenvalue weighted by molar-refractivity contribution is -0.134. The van der Waals surface area contributed by atoms with Gasteiger partial charge in [-0.2, -0.15) is 0 Å². The van der Waals surface area contributed by atoms with E-state index in [1.807, 2.05) is 31.1 Å². The number of hydrazine groups is 1. The summed E-state index contributed by atoms with van der Waals surface area (Å²) in [4.78, 5) is 17.2. The maximum atomic E-state index is 13.2. The summed E-state index contributed by atoms with van der Waals surface area (Å²) < 4.78 is 0. The molecule has 0 saturated carbocycles. The summed E-state index contributed by atoms with van der Waals surface area (Å²) in [5.74, 6) is 0.326. The van der Waals surface area contributed by atoms with Gasteiger partial charge in [0.15, 0.2) is 0 Å². The second-order valence-electron chi connectivity index (χ2n) is 7.74. The zero-order valence-electron chi connectivity index (χ0n) is 16.9. The standard InChI is InChI=1S/C22H30N4O2/c1-16-8-10-17(11-9-16)15-26(13-12-25(2)3)22(28)20-14-19(23-24-20)18-6-4-5-7-21(18)27/h4-11,19-20,23-24,27H,12-15H2,1-3H3. The van der Waals surface area contributed by atoms with Gasteiger partial charge in [0.25, 0.3) is 0 Å². The average molecular weight is 383 g/mol. The van der Waals surface area contributed by atoms with Crippen LogP contribution in [-0.2, 0) is 11.3 Å². The van der Waals surface area contributed by atoms with E-state index in [9.17, 15) is 9.90 Å². The number of aromatic hydroxyl groups is 1. The molecule has 2 unspecified atom stereocenters. The normalized spacial score (nSPS) is 19.1. The summed E-state index contributed by atoms with van der Waals surface area (Å²) in [5.41, 5.74) is 9.44. The van der Waals surface area contributed by atoms with Crippen molar-refractivity contribution >= 4 is 5.91 Å². The molecule has 1 saturated heterocycles. The predicted molar refractivity (Wildman–Crippen MR) is 111 cm³/mol. The molecule has 0 bridgehead atoms. The summed E-state index contributed by atoms with van der Waals surface area (Å²) >= 11 is 0. The summed E-state index contributed by atoms with van der Waals surface area (Å²) in [6, 6.07) is 15.2. The predicted octanol–water partition coefficient (Wildman–Crippen LogP) is 2.20. The monoisotopic (exact) mass is 382 g/mol. The molecule has 28 heavy (non-hydrogen) atoms. The van der Waals surface area contributed by atoms with Crippen molar-refractivity contribution in [2.24, 2.45) is 0 Å². The largest absolute Gasteiger partial charge is 0.508 e. The van der Waals surface area contributed by atoms with E-state index in [1.165, 1.54) is 5.56 Å². The third-order valence-electron chi connectivity index (χ3n) is 5.14. The van der Waals surface area contributed by atoms with Gasteiger partial charge >= 0.3 is 0 Å². The van der Waals surface area contributed by atoms with Crippen LogP contribution in [0, 0.1) is 6.92 Å². The molecule has 3 rings (SSSR count). The van der Waals surface area contributed by atoms with Gasteiger partial charge in [0.2, 0.25) is 5.91 Å². The fraction of sp³-hybridized carbons (Fsp3) is 0.409. The van der Waals surface area contributed by atoms with E-state index in [-0.39, 0.29) is 23.7 Å². The van der Waals surface area contributed by atoms with E-state index in [2.05, 4.69) is 46.9 Å². The number of likely N-dealkylation sites (N-methyl/N-ethyl adjacent to an activating group) is 1. The zero-order valence-corrected chi connectivity index (χ0v) is 16.9. The number of hydrogen-bond donors (Lipinski definition) is 3. The first-order chi connectivity index (χ1) is 13.4. The number of rotatable bonds is 7. The van der Waals surface area contributed by atoms with Gasteiger partial charge in [-0.05, 0) is 39.1 Å². The van der Waals surface area contributed by atoms with Crippen molar-refractivity contribution in [3.05, 3.63) is 65.2 Å². The third kappa shape index (κ3) is 5.10. The van der Waals surface area contributed by atoms with E-state index in [0.717, 1.165) is 17.7 Å². The van der Waals surface area contributed by atoms with Crippen LogP contribution >= 0.6 is 0 Å². The molecular formula is C22H30N4O2. The first-order valence-electron chi connectivity index (χ1n) is 9.72. The minimum absolute atomic E-state index is 0.0767. The fourth-order valence-corrected chi connectivity index (χ4v) is 3.43. The van der Waals surface area contributed by atoms with Gasteiger partial charge in [0.05, 0.1) is 6.04 Å². The molecule has 6 nitrogen and oxygen atoms in total. The Bertz CT molecular complexity index is 791. The summed E-state index contributed by atoms with van der Waals surface area (Å²) in [7, 11) is 4.02. The molecule has 1 aliphatic rings. The summed E-state index contributed by atoms with van der Waals surface area (Å²) in [6.45, 7) is 4.12. The lowest BCUT2D eigenvalue weighted by atomic mass is 10.0. The van der Waals surface area contributed by atoms with Crippen LogP contribution in [0.5, 0.6) is 5.75 Å². The van der Waals surface area contributed by atoms with Crippen molar-refractivity contribution in [3.8, 4) is 5.75 Å². The lowest BCUT2D eigenvalue weighted by Crippen LogP contribution is -2.47. The molecule has 150 valence electrons. The molecular weight excluding hydrogens is 352 g/mol. The van der Waals surface area contributed by atoms with Crippen LogP contribution < -0.4 is 10.9 Å². The van der Waals surface area contributed by atoms with Crippen LogP contribution in [0.15, 0.2) is 48.5 Å². The highest BCUT2D eigenvalue weighted by Crippen LogP contribution is 2.29. The number of nitrogens with zero attached hydrogens (tertiary/aromatic N) is 2. The van der Waals surface area contributed by atoms with Gasteiger partial charge < -0.3 is 14.9 Å². The van der Waals surface area contributed by atoms with Crippen molar-refractivity contribution in [2.75, 3.05) is 27.2 Å². The van der Waals surface area contributed by atoms with E-state index >= 15 is 0 Å². The molecule has 6 heteroatoms. The van der Waals surface area contributed by atoms with Crippen molar-refractivity contribution in [1.29, 1.82) is 0 Å². The number of phenols is 1. The van der Waals surface area contributed by atoms with Crippen molar-refractivity contribution in [2.45, 2.75) is 32.0 Å². The van der Waals surface area contributed by atoms with Gasteiger partial charge in [0.1, 0.15) is 11.8 Å². The topological polar surface area (TPSA) is 67.8 Å². The number of nitrogens with one attached hydrogen (secondary N) is 2. The molecule has 1 fully saturated rings. The van der Waals surface area contributed by atoms with Gasteiger partial charge in [-0.1, -0.05) is 48.0 Å². The van der Waals surface area contributed by atoms with Crippen LogP contribution in [0.25, 0.3) is 0 Å². The highest BCUT2D eigenvalue weighted by Gasteiger charge is 2.33. The van der Waals surface area contributed by atoms with Crippen LogP contribution in [-0.4, -0.2) is 54.0 Å². The fourth-order valence-electron chi connectivity index (χ4n) is 3.43. The van der Waals surface area contributed by atoms with Crippen molar-refractivity contribution in [1.82, 2.24) is 20.7 Å². The lowest BCUT2D eigenvalue weighted by Gasteiger charge is -2.27. The second-order valence-corrected chi connectivity index (χ2v) is 7.74. The van der Waals surface area contributed by atoms with Crippen molar-refractivity contribution < 1.29 is 9.90 Å². The van der Waals surface area contributed by atoms with Crippen molar-refractivity contribution in [3.63, 3.8) is 0 Å². The number of hydrogen-bond acceptors (Lipinski definition) is 5. The Kier molecular flexibility index (Phi) is 6.67. The first kappa shape index (κ1) is 20.3. The molecule has 1 heterocycles. The van der Waals surface area contributed by atoms with Crippen LogP contribution in [0.3, 0.4) is 0 Å². The van der Waals surface area contributed by atoms with Gasteiger partial charge in [0, 0.05) is 25.2 Å². The minimum atomic E-state index is -0.322. The first-order valence-corrected chi connectivity index (χ1v) is 9.72. The van der Waals surface area contributed by atoms with Crippen LogP contribution in [0.4, 0.5) is 0 Å². The summed E-state index contributed by atoms with van der Waals surface area (Å²) in [6.07, 6.45) is 0.600. The Hall–Kier alpha value is -2.41. The molecule has 2 atom stereocenters. The number of amides is 1. The molecule has 0 radical (unpaired) electrons. The van der Waals surface area contributed by atoms with Gasteiger partial charge in [-0.25, -0.2) is 10.9 Å². The Balaban J connectivity index is 1.69.